The van der Waals surface area contributed by atoms with Crippen LogP contribution in [0.1, 0.15) is 31.7 Å². The van der Waals surface area contributed by atoms with Crippen molar-refractivity contribution in [3.8, 4) is 5.75 Å². The largest absolute Gasteiger partial charge is 0.497 e. The number of methoxy groups -OCH3 is 1. The molecule has 1 aromatic carbocycles. The molecule has 1 aromatic rings. The van der Waals surface area contributed by atoms with E-state index in [4.69, 9.17) is 4.74 Å². The molecule has 4 unspecified atom stereocenters. The van der Waals surface area contributed by atoms with Gasteiger partial charge in [0.2, 0.25) is 0 Å². The molecule has 3 fully saturated rings. The zero-order valence-electron chi connectivity index (χ0n) is 15.1. The highest BCUT2D eigenvalue weighted by molar-refractivity contribution is 5.76. The molecule has 2 saturated heterocycles. The van der Waals surface area contributed by atoms with Crippen LogP contribution in [0.4, 0.5) is 4.79 Å². The Morgan fingerprint density at radius 3 is 2.72 bits per heavy atom. The van der Waals surface area contributed by atoms with Crippen LogP contribution in [-0.2, 0) is 6.54 Å². The van der Waals surface area contributed by atoms with Gasteiger partial charge in [0.1, 0.15) is 11.9 Å². The lowest BCUT2D eigenvalue weighted by Crippen LogP contribution is -2.74. The molecule has 0 spiro atoms. The fourth-order valence-corrected chi connectivity index (χ4v) is 4.91. The van der Waals surface area contributed by atoms with Gasteiger partial charge in [-0.3, -0.25) is 5.43 Å². The summed E-state index contributed by atoms with van der Waals surface area (Å²) in [5.41, 5.74) is 7.88. The first-order valence-corrected chi connectivity index (χ1v) is 9.41. The molecule has 25 heavy (non-hydrogen) atoms. The summed E-state index contributed by atoms with van der Waals surface area (Å²) < 4.78 is 5.25. The number of carbonyl (C=O) groups excluding carboxylic acids is 1. The summed E-state index contributed by atoms with van der Waals surface area (Å²) in [6.45, 7) is 4.47. The molecule has 4 rings (SSSR count). The molecule has 1 aliphatic carbocycles. The summed E-state index contributed by atoms with van der Waals surface area (Å²) in [7, 11) is 1.68. The van der Waals surface area contributed by atoms with Crippen LogP contribution in [0.3, 0.4) is 0 Å². The smallest absolute Gasteiger partial charge is 0.321 e. The van der Waals surface area contributed by atoms with Crippen LogP contribution in [0.15, 0.2) is 24.3 Å². The van der Waals surface area contributed by atoms with Gasteiger partial charge in [-0.05, 0) is 43.4 Å². The number of nitrogens with zero attached hydrogens (tertiary/aromatic N) is 2. The van der Waals surface area contributed by atoms with E-state index in [0.29, 0.717) is 24.4 Å². The van der Waals surface area contributed by atoms with Gasteiger partial charge in [-0.25, -0.2) is 10.2 Å². The number of hydrogen-bond acceptors (Lipinski definition) is 4. The SMILES string of the molecule is CCN1C(=O)N(Cc2ccc(OC)cc2)C2CCCC3CNNC1C32. The normalized spacial score (nSPS) is 31.7. The van der Waals surface area contributed by atoms with E-state index >= 15 is 0 Å². The van der Waals surface area contributed by atoms with Crippen molar-refractivity contribution in [3.63, 3.8) is 0 Å². The van der Waals surface area contributed by atoms with Crippen LogP contribution in [0.5, 0.6) is 5.75 Å². The fourth-order valence-electron chi connectivity index (χ4n) is 4.91. The average molecular weight is 344 g/mol. The Bertz CT molecular complexity index is 618. The highest BCUT2D eigenvalue weighted by Crippen LogP contribution is 2.41. The first-order valence-electron chi connectivity index (χ1n) is 9.41. The van der Waals surface area contributed by atoms with E-state index < -0.39 is 0 Å². The quantitative estimate of drug-likeness (QED) is 0.879. The number of rotatable bonds is 4. The molecule has 1 saturated carbocycles. The molecule has 0 aromatic heterocycles. The molecule has 4 atom stereocenters. The molecule has 2 heterocycles. The topological polar surface area (TPSA) is 56.8 Å². The molecular weight excluding hydrogens is 316 g/mol. The van der Waals surface area contributed by atoms with E-state index in [0.717, 1.165) is 30.8 Å². The predicted octanol–water partition coefficient (Wildman–Crippen LogP) is 2.17. The zero-order valence-corrected chi connectivity index (χ0v) is 15.1. The summed E-state index contributed by atoms with van der Waals surface area (Å²) in [6, 6.07) is 8.56. The van der Waals surface area contributed by atoms with Crippen LogP contribution in [-0.4, -0.2) is 48.2 Å². The van der Waals surface area contributed by atoms with Gasteiger partial charge in [0.25, 0.3) is 0 Å². The Kier molecular flexibility index (Phi) is 4.56. The second-order valence-electron chi connectivity index (χ2n) is 7.35. The van der Waals surface area contributed by atoms with Crippen LogP contribution >= 0.6 is 0 Å². The lowest BCUT2D eigenvalue weighted by molar-refractivity contribution is -0.0605. The van der Waals surface area contributed by atoms with E-state index in [2.05, 4.69) is 34.8 Å². The lowest BCUT2D eigenvalue weighted by Gasteiger charge is -2.57. The molecule has 6 heteroatoms. The van der Waals surface area contributed by atoms with Crippen LogP contribution in [0, 0.1) is 11.8 Å². The number of carbonyl (C=O) groups is 1. The maximum Gasteiger partial charge on any atom is 0.321 e. The number of nitrogens with one attached hydrogen (secondary N) is 2. The summed E-state index contributed by atoms with van der Waals surface area (Å²) in [4.78, 5) is 17.3. The summed E-state index contributed by atoms with van der Waals surface area (Å²) in [5.74, 6) is 2.00. The van der Waals surface area contributed by atoms with Crippen molar-refractivity contribution < 1.29 is 9.53 Å². The maximum atomic E-state index is 13.2. The number of ether oxygens (including phenoxy) is 1. The second kappa shape index (κ2) is 6.84. The minimum absolute atomic E-state index is 0.119. The van der Waals surface area contributed by atoms with Crippen molar-refractivity contribution in [1.82, 2.24) is 20.7 Å². The Morgan fingerprint density at radius 2 is 2.00 bits per heavy atom. The van der Waals surface area contributed by atoms with E-state index in [1.807, 2.05) is 17.0 Å². The Balaban J connectivity index is 1.61. The van der Waals surface area contributed by atoms with Crippen molar-refractivity contribution in [2.75, 3.05) is 20.2 Å². The van der Waals surface area contributed by atoms with Crippen molar-refractivity contribution in [1.29, 1.82) is 0 Å². The molecule has 136 valence electrons. The zero-order chi connectivity index (χ0) is 17.4. The van der Waals surface area contributed by atoms with Crippen molar-refractivity contribution >= 4 is 6.03 Å². The highest BCUT2D eigenvalue weighted by atomic mass is 16.5. The number of hydrazine groups is 1. The molecule has 2 aliphatic heterocycles. The molecule has 3 aliphatic rings. The van der Waals surface area contributed by atoms with Gasteiger partial charge in [-0.1, -0.05) is 18.6 Å². The van der Waals surface area contributed by atoms with Gasteiger partial charge >= 0.3 is 6.03 Å². The van der Waals surface area contributed by atoms with Crippen LogP contribution in [0.2, 0.25) is 0 Å². The van der Waals surface area contributed by atoms with Crippen molar-refractivity contribution in [3.05, 3.63) is 29.8 Å². The van der Waals surface area contributed by atoms with E-state index in [1.54, 1.807) is 7.11 Å². The Labute approximate surface area is 149 Å². The third-order valence-electron chi connectivity index (χ3n) is 6.12. The van der Waals surface area contributed by atoms with Gasteiger partial charge < -0.3 is 14.5 Å². The molecule has 0 bridgehead atoms. The second-order valence-corrected chi connectivity index (χ2v) is 7.35. The van der Waals surface area contributed by atoms with E-state index in [1.165, 1.54) is 12.8 Å². The molecule has 6 nitrogen and oxygen atoms in total. The average Bonchev–Trinajstić information content (AvgIpc) is 2.66. The Morgan fingerprint density at radius 1 is 1.20 bits per heavy atom. The van der Waals surface area contributed by atoms with Crippen molar-refractivity contribution in [2.24, 2.45) is 11.8 Å². The first-order chi connectivity index (χ1) is 12.2. The minimum atomic E-state index is 0.119. The molecule has 0 radical (unpaired) electrons. The predicted molar refractivity (Wildman–Crippen MR) is 95.9 cm³/mol. The third-order valence-corrected chi connectivity index (χ3v) is 6.12. The number of benzene rings is 1. The molecule has 2 N–H and O–H groups in total. The van der Waals surface area contributed by atoms with Gasteiger partial charge in [-0.2, -0.15) is 0 Å². The summed E-state index contributed by atoms with van der Waals surface area (Å²) in [6.07, 6.45) is 3.69. The number of urea groups is 1. The Hall–Kier alpha value is -1.79. The van der Waals surface area contributed by atoms with Gasteiger partial charge in [-0.15, -0.1) is 0 Å². The van der Waals surface area contributed by atoms with Crippen LogP contribution < -0.4 is 15.6 Å². The standard InChI is InChI=1S/C19H28N4O2/c1-3-22-18-17-14(11-20-21-18)5-4-6-16(17)23(19(22)24)12-13-7-9-15(25-2)10-8-13/h7-10,14,16-18,20-21H,3-6,11-12H2,1-2H3. The van der Waals surface area contributed by atoms with Gasteiger partial charge in [0.05, 0.1) is 7.11 Å². The molecule has 2 amide bonds. The fraction of sp³-hybridized carbons (Fsp3) is 0.632. The first kappa shape index (κ1) is 16.7. The van der Waals surface area contributed by atoms with Gasteiger partial charge in [0.15, 0.2) is 0 Å². The van der Waals surface area contributed by atoms with Crippen molar-refractivity contribution in [2.45, 2.75) is 44.9 Å². The van der Waals surface area contributed by atoms with E-state index in [-0.39, 0.29) is 12.2 Å². The third kappa shape index (κ3) is 2.87. The summed E-state index contributed by atoms with van der Waals surface area (Å²) in [5, 5.41) is 0. The minimum Gasteiger partial charge on any atom is -0.497 e. The highest BCUT2D eigenvalue weighted by Gasteiger charge is 2.51. The summed E-state index contributed by atoms with van der Waals surface area (Å²) >= 11 is 0. The maximum absolute atomic E-state index is 13.2. The van der Waals surface area contributed by atoms with Gasteiger partial charge in [0, 0.05) is 31.6 Å². The monoisotopic (exact) mass is 344 g/mol. The lowest BCUT2D eigenvalue weighted by atomic mass is 9.71. The number of amides is 2. The molecular formula is C19H28N4O2. The van der Waals surface area contributed by atoms with E-state index in [9.17, 15) is 4.79 Å². The number of hydrogen-bond donors (Lipinski definition) is 2. The van der Waals surface area contributed by atoms with Crippen LogP contribution in [0.25, 0.3) is 0 Å².